The van der Waals surface area contributed by atoms with Crippen LogP contribution in [0.25, 0.3) is 0 Å². The molecule has 0 aliphatic rings. The van der Waals surface area contributed by atoms with Crippen molar-refractivity contribution in [3.8, 4) is 0 Å². The second-order valence-corrected chi connectivity index (χ2v) is 3.63. The molecule has 3 nitrogen and oxygen atoms in total. The van der Waals surface area contributed by atoms with Crippen molar-refractivity contribution >= 4 is 6.03 Å². The molecule has 1 rings (SSSR count). The topological polar surface area (TPSA) is 32.3 Å². The molecule has 0 heterocycles. The van der Waals surface area contributed by atoms with Crippen LogP contribution in [0.1, 0.15) is 5.56 Å². The van der Waals surface area contributed by atoms with Crippen molar-refractivity contribution < 1.29 is 4.79 Å². The third kappa shape index (κ3) is 4.55. The number of urea groups is 1. The van der Waals surface area contributed by atoms with Crippen LogP contribution >= 0.6 is 0 Å². The van der Waals surface area contributed by atoms with Gasteiger partial charge in [-0.15, -0.1) is 13.2 Å². The Morgan fingerprint density at radius 3 is 2.29 bits per heavy atom. The van der Waals surface area contributed by atoms with Crippen LogP contribution in [-0.4, -0.2) is 24.0 Å². The number of nitrogens with zero attached hydrogens (tertiary/aromatic N) is 1. The quantitative estimate of drug-likeness (QED) is 0.748. The Balaban J connectivity index is 2.46. The van der Waals surface area contributed by atoms with Crippen molar-refractivity contribution in [2.24, 2.45) is 0 Å². The summed E-state index contributed by atoms with van der Waals surface area (Å²) in [6.07, 6.45) is 3.40. The normalized spacial score (nSPS) is 9.41. The number of benzene rings is 1. The fourth-order valence-corrected chi connectivity index (χ4v) is 1.44. The molecule has 17 heavy (non-hydrogen) atoms. The molecular formula is C14H18N2O. The average Bonchev–Trinajstić information content (AvgIpc) is 2.37. The van der Waals surface area contributed by atoms with E-state index in [-0.39, 0.29) is 6.03 Å². The van der Waals surface area contributed by atoms with Crippen LogP contribution in [0.2, 0.25) is 0 Å². The van der Waals surface area contributed by atoms with Gasteiger partial charge in [0.05, 0.1) is 0 Å². The number of carbonyl (C=O) groups is 1. The third-order valence-corrected chi connectivity index (χ3v) is 2.27. The summed E-state index contributed by atoms with van der Waals surface area (Å²) in [6.45, 7) is 8.83. The minimum Gasteiger partial charge on any atom is -0.334 e. The summed E-state index contributed by atoms with van der Waals surface area (Å²) < 4.78 is 0. The second kappa shape index (κ2) is 7.28. The molecule has 0 spiro atoms. The van der Waals surface area contributed by atoms with Crippen molar-refractivity contribution in [1.82, 2.24) is 10.2 Å². The molecule has 0 saturated carbocycles. The van der Waals surface area contributed by atoms with E-state index < -0.39 is 0 Å². The molecule has 0 aromatic heterocycles. The number of rotatable bonds is 6. The van der Waals surface area contributed by atoms with Crippen molar-refractivity contribution in [2.45, 2.75) is 6.54 Å². The summed E-state index contributed by atoms with van der Waals surface area (Å²) in [6, 6.07) is 9.71. The first-order chi connectivity index (χ1) is 8.27. The lowest BCUT2D eigenvalue weighted by Crippen LogP contribution is -2.39. The maximum atomic E-state index is 11.8. The Morgan fingerprint density at radius 2 is 1.76 bits per heavy atom. The Bertz CT molecular complexity index is 363. The maximum absolute atomic E-state index is 11.8. The zero-order valence-electron chi connectivity index (χ0n) is 9.93. The van der Waals surface area contributed by atoms with E-state index in [0.29, 0.717) is 19.6 Å². The van der Waals surface area contributed by atoms with Crippen LogP contribution in [0.3, 0.4) is 0 Å². The minimum absolute atomic E-state index is 0.103. The highest BCUT2D eigenvalue weighted by atomic mass is 16.2. The van der Waals surface area contributed by atoms with Crippen LogP contribution in [0.15, 0.2) is 55.6 Å². The molecule has 90 valence electrons. The lowest BCUT2D eigenvalue weighted by Gasteiger charge is -2.19. The van der Waals surface area contributed by atoms with E-state index in [2.05, 4.69) is 18.5 Å². The lowest BCUT2D eigenvalue weighted by atomic mass is 10.2. The highest BCUT2D eigenvalue weighted by Crippen LogP contribution is 1.98. The molecule has 0 fully saturated rings. The summed E-state index contributed by atoms with van der Waals surface area (Å²) >= 11 is 0. The summed E-state index contributed by atoms with van der Waals surface area (Å²) in [5, 5.41) is 2.86. The molecule has 0 aliphatic carbocycles. The predicted octanol–water partition coefficient (Wildman–Crippen LogP) is 2.57. The molecule has 1 N–H and O–H groups in total. The van der Waals surface area contributed by atoms with E-state index in [4.69, 9.17) is 0 Å². The lowest BCUT2D eigenvalue weighted by molar-refractivity contribution is 0.208. The summed E-state index contributed by atoms with van der Waals surface area (Å²) in [7, 11) is 0. The maximum Gasteiger partial charge on any atom is 0.318 e. The molecule has 0 bridgehead atoms. The smallest absolute Gasteiger partial charge is 0.318 e. The molecule has 0 radical (unpaired) electrons. The molecule has 0 atom stereocenters. The number of carbonyl (C=O) groups excluding carboxylic acids is 1. The van der Waals surface area contributed by atoms with E-state index in [1.807, 2.05) is 30.3 Å². The molecule has 0 unspecified atom stereocenters. The average molecular weight is 230 g/mol. The van der Waals surface area contributed by atoms with Gasteiger partial charge in [-0.1, -0.05) is 42.5 Å². The first kappa shape index (κ1) is 13.0. The van der Waals surface area contributed by atoms with Crippen molar-refractivity contribution in [3.63, 3.8) is 0 Å². The van der Waals surface area contributed by atoms with Gasteiger partial charge in [-0.25, -0.2) is 4.79 Å². The van der Waals surface area contributed by atoms with Gasteiger partial charge in [0, 0.05) is 19.6 Å². The van der Waals surface area contributed by atoms with E-state index in [1.54, 1.807) is 17.1 Å². The van der Waals surface area contributed by atoms with Gasteiger partial charge in [0.15, 0.2) is 0 Å². The number of amides is 2. The number of nitrogens with one attached hydrogen (secondary N) is 1. The van der Waals surface area contributed by atoms with E-state index in [1.165, 1.54) is 0 Å². The van der Waals surface area contributed by atoms with Gasteiger partial charge in [0.2, 0.25) is 0 Å². The van der Waals surface area contributed by atoms with Gasteiger partial charge in [-0.3, -0.25) is 0 Å². The highest BCUT2D eigenvalue weighted by Gasteiger charge is 2.09. The van der Waals surface area contributed by atoms with Crippen LogP contribution in [0.5, 0.6) is 0 Å². The third-order valence-electron chi connectivity index (χ3n) is 2.27. The SMILES string of the molecule is C=CCN(CC=C)C(=O)NCc1ccccc1. The molecule has 0 saturated heterocycles. The van der Waals surface area contributed by atoms with Gasteiger partial charge in [-0.2, -0.15) is 0 Å². The molecular weight excluding hydrogens is 212 g/mol. The van der Waals surface area contributed by atoms with Crippen molar-refractivity contribution in [3.05, 3.63) is 61.2 Å². The molecule has 2 amide bonds. The minimum atomic E-state index is -0.103. The van der Waals surface area contributed by atoms with Crippen LogP contribution < -0.4 is 5.32 Å². The zero-order valence-corrected chi connectivity index (χ0v) is 9.93. The van der Waals surface area contributed by atoms with E-state index in [9.17, 15) is 4.79 Å². The molecule has 1 aromatic carbocycles. The molecule has 1 aromatic rings. The standard InChI is InChI=1S/C14H18N2O/c1-3-10-16(11-4-2)14(17)15-12-13-8-6-5-7-9-13/h3-9H,1-2,10-12H2,(H,15,17). The van der Waals surface area contributed by atoms with Crippen LogP contribution in [0.4, 0.5) is 4.79 Å². The molecule has 0 aliphatic heterocycles. The van der Waals surface area contributed by atoms with Gasteiger partial charge in [0.25, 0.3) is 0 Å². The summed E-state index contributed by atoms with van der Waals surface area (Å²) in [4.78, 5) is 13.5. The van der Waals surface area contributed by atoms with Gasteiger partial charge < -0.3 is 10.2 Å². The first-order valence-electron chi connectivity index (χ1n) is 5.56. The molecule has 3 heteroatoms. The fraction of sp³-hybridized carbons (Fsp3) is 0.214. The Morgan fingerprint density at radius 1 is 1.18 bits per heavy atom. The second-order valence-electron chi connectivity index (χ2n) is 3.63. The Kier molecular flexibility index (Phi) is 5.58. The van der Waals surface area contributed by atoms with Crippen molar-refractivity contribution in [1.29, 1.82) is 0 Å². The van der Waals surface area contributed by atoms with Gasteiger partial charge in [-0.05, 0) is 5.56 Å². The highest BCUT2D eigenvalue weighted by molar-refractivity contribution is 5.74. The van der Waals surface area contributed by atoms with Crippen LogP contribution in [0, 0.1) is 0 Å². The fourth-order valence-electron chi connectivity index (χ4n) is 1.44. The summed E-state index contributed by atoms with van der Waals surface area (Å²) in [5.41, 5.74) is 1.08. The number of hydrogen-bond acceptors (Lipinski definition) is 1. The Hall–Kier alpha value is -2.03. The monoisotopic (exact) mass is 230 g/mol. The number of hydrogen-bond donors (Lipinski definition) is 1. The van der Waals surface area contributed by atoms with Crippen molar-refractivity contribution in [2.75, 3.05) is 13.1 Å². The predicted molar refractivity (Wildman–Crippen MR) is 70.6 cm³/mol. The van der Waals surface area contributed by atoms with Crippen LogP contribution in [-0.2, 0) is 6.54 Å². The zero-order chi connectivity index (χ0) is 12.5. The van der Waals surface area contributed by atoms with Gasteiger partial charge >= 0.3 is 6.03 Å². The summed E-state index contributed by atoms with van der Waals surface area (Å²) in [5.74, 6) is 0. The van der Waals surface area contributed by atoms with E-state index >= 15 is 0 Å². The van der Waals surface area contributed by atoms with E-state index in [0.717, 1.165) is 5.56 Å². The first-order valence-corrected chi connectivity index (χ1v) is 5.56. The Labute approximate surface area is 102 Å². The largest absolute Gasteiger partial charge is 0.334 e. The van der Waals surface area contributed by atoms with Gasteiger partial charge in [0.1, 0.15) is 0 Å².